The van der Waals surface area contributed by atoms with Crippen LogP contribution in [0.25, 0.3) is 11.1 Å². The molecule has 0 saturated carbocycles. The number of hydrogen-bond acceptors (Lipinski definition) is 3. The van der Waals surface area contributed by atoms with E-state index in [4.69, 9.17) is 4.74 Å². The van der Waals surface area contributed by atoms with E-state index in [1.807, 2.05) is 36.4 Å². The topological polar surface area (TPSA) is 56.8 Å². The van der Waals surface area contributed by atoms with Gasteiger partial charge in [0.15, 0.2) is 0 Å². The van der Waals surface area contributed by atoms with Crippen LogP contribution in [0, 0.1) is 22.7 Å². The zero-order chi connectivity index (χ0) is 19.5. The van der Waals surface area contributed by atoms with Crippen molar-refractivity contribution in [2.24, 2.45) is 0 Å². The summed E-state index contributed by atoms with van der Waals surface area (Å²) in [5.41, 5.74) is 3.69. The van der Waals surface area contributed by atoms with Gasteiger partial charge in [0.2, 0.25) is 0 Å². The minimum Gasteiger partial charge on any atom is -0.494 e. The lowest BCUT2D eigenvalue weighted by molar-refractivity contribution is 0.305. The average Bonchev–Trinajstić information content (AvgIpc) is 2.71. The molecule has 0 aliphatic heterocycles. The van der Waals surface area contributed by atoms with Gasteiger partial charge in [0.05, 0.1) is 17.7 Å². The van der Waals surface area contributed by atoms with Crippen LogP contribution in [0.1, 0.15) is 69.1 Å². The molecule has 0 aromatic heterocycles. The Morgan fingerprint density at radius 3 is 2.11 bits per heavy atom. The van der Waals surface area contributed by atoms with E-state index in [1.165, 1.54) is 19.3 Å². The molecular weight excluding hydrogens is 332 g/mol. The van der Waals surface area contributed by atoms with Gasteiger partial charge in [0.25, 0.3) is 0 Å². The molecule has 140 valence electrons. The Morgan fingerprint density at radius 1 is 0.778 bits per heavy atom. The molecule has 2 rings (SSSR count). The normalized spacial score (nSPS) is 10.2. The highest BCUT2D eigenvalue weighted by Crippen LogP contribution is 2.30. The number of nitrogens with zero attached hydrogens (tertiary/aromatic N) is 2. The minimum absolute atomic E-state index is 0.472. The summed E-state index contributed by atoms with van der Waals surface area (Å²) >= 11 is 0. The summed E-state index contributed by atoms with van der Waals surface area (Å²) in [7, 11) is 0. The second kappa shape index (κ2) is 11.0. The van der Waals surface area contributed by atoms with Gasteiger partial charge in [0.1, 0.15) is 17.9 Å². The number of nitriles is 2. The van der Waals surface area contributed by atoms with Crippen LogP contribution in [0.3, 0.4) is 0 Å². The maximum Gasteiger partial charge on any atom is 0.119 e. The molecule has 3 heteroatoms. The Bertz CT molecular complexity index is 810. The summed E-state index contributed by atoms with van der Waals surface area (Å²) in [5.74, 6) is 0.842. The van der Waals surface area contributed by atoms with Crippen molar-refractivity contribution in [1.29, 1.82) is 10.5 Å². The van der Waals surface area contributed by atoms with Crippen LogP contribution in [0.2, 0.25) is 0 Å². The van der Waals surface area contributed by atoms with E-state index in [9.17, 15) is 10.5 Å². The Morgan fingerprint density at radius 2 is 1.48 bits per heavy atom. The fraction of sp³-hybridized carbons (Fsp3) is 0.417. The summed E-state index contributed by atoms with van der Waals surface area (Å²) in [4.78, 5) is 0. The Kier molecular flexibility index (Phi) is 8.40. The molecule has 0 saturated heterocycles. The largest absolute Gasteiger partial charge is 0.494 e. The SMILES string of the molecule is CCCCCCOc1ccc(-c2ccc(CCCC)c(C#N)c2C#N)cc1. The van der Waals surface area contributed by atoms with E-state index >= 15 is 0 Å². The van der Waals surface area contributed by atoms with E-state index < -0.39 is 0 Å². The monoisotopic (exact) mass is 360 g/mol. The zero-order valence-corrected chi connectivity index (χ0v) is 16.4. The maximum absolute atomic E-state index is 9.66. The minimum atomic E-state index is 0.472. The molecule has 0 atom stereocenters. The van der Waals surface area contributed by atoms with Gasteiger partial charge in [-0.15, -0.1) is 0 Å². The first-order chi connectivity index (χ1) is 13.2. The molecule has 0 radical (unpaired) electrons. The van der Waals surface area contributed by atoms with Crippen LogP contribution in [0.5, 0.6) is 5.75 Å². The van der Waals surface area contributed by atoms with Crippen molar-refractivity contribution in [3.63, 3.8) is 0 Å². The van der Waals surface area contributed by atoms with Crippen molar-refractivity contribution in [3.05, 3.63) is 53.1 Å². The van der Waals surface area contributed by atoms with Gasteiger partial charge in [-0.1, -0.05) is 63.8 Å². The van der Waals surface area contributed by atoms with Gasteiger partial charge in [-0.05, 0) is 42.5 Å². The molecule has 0 amide bonds. The highest BCUT2D eigenvalue weighted by molar-refractivity contribution is 5.75. The lowest BCUT2D eigenvalue weighted by Crippen LogP contribution is -1.98. The molecule has 0 aliphatic carbocycles. The second-order valence-corrected chi connectivity index (χ2v) is 6.78. The molecule has 0 heterocycles. The second-order valence-electron chi connectivity index (χ2n) is 6.78. The fourth-order valence-corrected chi connectivity index (χ4v) is 3.16. The third-order valence-corrected chi connectivity index (χ3v) is 4.75. The van der Waals surface area contributed by atoms with Crippen molar-refractivity contribution in [1.82, 2.24) is 0 Å². The Balaban J connectivity index is 2.18. The number of benzene rings is 2. The highest BCUT2D eigenvalue weighted by atomic mass is 16.5. The van der Waals surface area contributed by atoms with E-state index in [2.05, 4.69) is 26.0 Å². The summed E-state index contributed by atoms with van der Waals surface area (Å²) in [6, 6.07) is 16.2. The maximum atomic E-state index is 9.66. The van der Waals surface area contributed by atoms with Crippen molar-refractivity contribution in [3.8, 4) is 29.0 Å². The average molecular weight is 361 g/mol. The van der Waals surface area contributed by atoms with Gasteiger partial charge in [0, 0.05) is 5.56 Å². The zero-order valence-electron chi connectivity index (χ0n) is 16.4. The molecule has 0 N–H and O–H groups in total. The number of unbranched alkanes of at least 4 members (excludes halogenated alkanes) is 4. The molecular formula is C24H28N2O. The van der Waals surface area contributed by atoms with Crippen molar-refractivity contribution < 1.29 is 4.74 Å². The summed E-state index contributed by atoms with van der Waals surface area (Å²) in [6.07, 6.45) is 7.64. The standard InChI is InChI=1S/C24H28N2O/c1-3-5-7-8-16-27-21-13-10-20(11-14-21)22-15-12-19(9-6-4-2)23(17-25)24(22)18-26/h10-15H,3-9,16H2,1-2H3. The van der Waals surface area contributed by atoms with E-state index in [0.717, 1.165) is 54.7 Å². The molecule has 0 aliphatic rings. The van der Waals surface area contributed by atoms with Crippen LogP contribution in [-0.4, -0.2) is 6.61 Å². The molecule has 0 bridgehead atoms. The first-order valence-corrected chi connectivity index (χ1v) is 9.94. The molecule has 0 fully saturated rings. The van der Waals surface area contributed by atoms with E-state index in [-0.39, 0.29) is 0 Å². The van der Waals surface area contributed by atoms with Gasteiger partial charge >= 0.3 is 0 Å². The number of rotatable bonds is 10. The van der Waals surface area contributed by atoms with Crippen LogP contribution < -0.4 is 4.74 Å². The predicted octanol–water partition coefficient (Wildman–Crippen LogP) is 6.40. The molecule has 2 aromatic carbocycles. The van der Waals surface area contributed by atoms with Gasteiger partial charge < -0.3 is 4.74 Å². The van der Waals surface area contributed by atoms with Crippen LogP contribution >= 0.6 is 0 Å². The number of ether oxygens (including phenoxy) is 1. The van der Waals surface area contributed by atoms with E-state index in [1.54, 1.807) is 0 Å². The summed E-state index contributed by atoms with van der Waals surface area (Å²) in [5, 5.41) is 19.2. The van der Waals surface area contributed by atoms with Gasteiger partial charge in [-0.25, -0.2) is 0 Å². The summed E-state index contributed by atoms with van der Waals surface area (Å²) in [6.45, 7) is 5.05. The molecule has 3 nitrogen and oxygen atoms in total. The van der Waals surface area contributed by atoms with Crippen molar-refractivity contribution >= 4 is 0 Å². The third-order valence-electron chi connectivity index (χ3n) is 4.75. The van der Waals surface area contributed by atoms with Gasteiger partial charge in [-0.3, -0.25) is 0 Å². The Hall–Kier alpha value is -2.78. The lowest BCUT2D eigenvalue weighted by atomic mass is 9.91. The van der Waals surface area contributed by atoms with Crippen LogP contribution in [0.4, 0.5) is 0 Å². The lowest BCUT2D eigenvalue weighted by Gasteiger charge is -2.11. The fourth-order valence-electron chi connectivity index (χ4n) is 3.16. The first-order valence-electron chi connectivity index (χ1n) is 9.94. The van der Waals surface area contributed by atoms with Gasteiger partial charge in [-0.2, -0.15) is 10.5 Å². The highest BCUT2D eigenvalue weighted by Gasteiger charge is 2.14. The smallest absolute Gasteiger partial charge is 0.119 e. The van der Waals surface area contributed by atoms with Crippen molar-refractivity contribution in [2.75, 3.05) is 6.61 Å². The van der Waals surface area contributed by atoms with Crippen LogP contribution in [0.15, 0.2) is 36.4 Å². The third kappa shape index (κ3) is 5.60. The Labute approximate surface area is 163 Å². The van der Waals surface area contributed by atoms with Crippen molar-refractivity contribution in [2.45, 2.75) is 58.8 Å². The molecule has 27 heavy (non-hydrogen) atoms. The van der Waals surface area contributed by atoms with Crippen LogP contribution in [-0.2, 0) is 6.42 Å². The number of hydrogen-bond donors (Lipinski definition) is 0. The summed E-state index contributed by atoms with van der Waals surface area (Å²) < 4.78 is 5.79. The molecule has 2 aromatic rings. The number of aryl methyl sites for hydroxylation is 1. The first kappa shape index (κ1) is 20.5. The molecule has 0 unspecified atom stereocenters. The van der Waals surface area contributed by atoms with E-state index in [0.29, 0.717) is 11.1 Å². The molecule has 0 spiro atoms. The predicted molar refractivity (Wildman–Crippen MR) is 110 cm³/mol. The quantitative estimate of drug-likeness (QED) is 0.461.